The summed E-state index contributed by atoms with van der Waals surface area (Å²) in [6.45, 7) is 2.05. The smallest absolute Gasteiger partial charge is 0.241 e. The molecule has 0 aliphatic rings. The summed E-state index contributed by atoms with van der Waals surface area (Å²) in [4.78, 5) is -0.0531. The van der Waals surface area contributed by atoms with Crippen molar-refractivity contribution in [2.45, 2.75) is 23.5 Å². The van der Waals surface area contributed by atoms with Crippen LogP contribution in [0.4, 0.5) is 4.39 Å². The van der Waals surface area contributed by atoms with Gasteiger partial charge in [0.15, 0.2) is 0 Å². The molecule has 1 rings (SSSR count). The molecule has 0 amide bonds. The predicted molar refractivity (Wildman–Crippen MR) is 83.1 cm³/mol. The van der Waals surface area contributed by atoms with Gasteiger partial charge in [0.2, 0.25) is 10.0 Å². The first-order valence-electron chi connectivity index (χ1n) is 6.32. The molecule has 0 radical (unpaired) electrons. The van der Waals surface area contributed by atoms with Crippen LogP contribution < -0.4 is 4.72 Å². The molecule has 0 heterocycles. The van der Waals surface area contributed by atoms with Gasteiger partial charge in [-0.1, -0.05) is 18.8 Å². The van der Waals surface area contributed by atoms with Crippen molar-refractivity contribution in [1.82, 2.24) is 4.72 Å². The number of rotatable bonds is 6. The predicted octanol–water partition coefficient (Wildman–Crippen LogP) is 1.59. The highest BCUT2D eigenvalue weighted by Gasteiger charge is 2.19. The van der Waals surface area contributed by atoms with Crippen molar-refractivity contribution in [2.75, 3.05) is 19.4 Å². The van der Waals surface area contributed by atoms with Crippen molar-refractivity contribution >= 4 is 21.8 Å². The number of aliphatic hydroxyl groups is 1. The van der Waals surface area contributed by atoms with Gasteiger partial charge in [-0.15, -0.1) is 0 Å². The first-order valence-corrected chi connectivity index (χ1v) is 9.09. The minimum atomic E-state index is -3.74. The lowest BCUT2D eigenvalue weighted by Crippen LogP contribution is -2.30. The maximum absolute atomic E-state index is 13.3. The molecule has 0 bridgehead atoms. The van der Waals surface area contributed by atoms with Crippen LogP contribution in [0.5, 0.6) is 0 Å². The SMILES string of the molecule is CSC(C)CNS(=O)(=O)c1ccc(F)cc1C#CCCO. The van der Waals surface area contributed by atoms with E-state index < -0.39 is 15.8 Å². The molecule has 0 aliphatic carbocycles. The van der Waals surface area contributed by atoms with Crippen molar-refractivity contribution < 1.29 is 17.9 Å². The molecule has 0 saturated heterocycles. The van der Waals surface area contributed by atoms with Gasteiger partial charge in [0.05, 0.1) is 11.5 Å². The van der Waals surface area contributed by atoms with Gasteiger partial charge in [0.25, 0.3) is 0 Å². The topological polar surface area (TPSA) is 66.4 Å². The van der Waals surface area contributed by atoms with Gasteiger partial charge in [-0.05, 0) is 24.5 Å². The Bertz CT molecular complexity index is 635. The highest BCUT2D eigenvalue weighted by atomic mass is 32.2. The second-order valence-electron chi connectivity index (χ2n) is 4.31. The quantitative estimate of drug-likeness (QED) is 0.777. The molecule has 1 aromatic rings. The van der Waals surface area contributed by atoms with Gasteiger partial charge < -0.3 is 5.11 Å². The van der Waals surface area contributed by atoms with Crippen LogP contribution in [0.2, 0.25) is 0 Å². The molecule has 1 atom stereocenters. The monoisotopic (exact) mass is 331 g/mol. The average Bonchev–Trinajstić information content (AvgIpc) is 2.45. The molecule has 7 heteroatoms. The normalized spacial score (nSPS) is 12.6. The third-order valence-corrected chi connectivity index (χ3v) is 5.11. The minimum Gasteiger partial charge on any atom is -0.395 e. The Morgan fingerprint density at radius 1 is 1.48 bits per heavy atom. The van der Waals surface area contributed by atoms with Gasteiger partial charge >= 0.3 is 0 Å². The first kappa shape index (κ1) is 18.0. The van der Waals surface area contributed by atoms with E-state index in [1.54, 1.807) is 11.8 Å². The molecular formula is C14H18FNO3S2. The Balaban J connectivity index is 3.08. The van der Waals surface area contributed by atoms with Crippen molar-refractivity contribution in [3.8, 4) is 11.8 Å². The maximum atomic E-state index is 13.3. The number of halogens is 1. The standard InChI is InChI=1S/C14H18FNO3S2/c1-11(20-2)10-16-21(18,19)14-7-6-13(15)9-12(14)5-3-4-8-17/h6-7,9,11,16-17H,4,8,10H2,1-2H3. The third-order valence-electron chi connectivity index (χ3n) is 2.65. The van der Waals surface area contributed by atoms with E-state index in [4.69, 9.17) is 5.11 Å². The van der Waals surface area contributed by atoms with Crippen LogP contribution in [-0.2, 0) is 10.0 Å². The lowest BCUT2D eigenvalue weighted by molar-refractivity contribution is 0.305. The molecule has 21 heavy (non-hydrogen) atoms. The lowest BCUT2D eigenvalue weighted by atomic mass is 10.2. The Labute approximate surface area is 129 Å². The summed E-state index contributed by atoms with van der Waals surface area (Å²) < 4.78 is 40.3. The minimum absolute atomic E-state index is 0.0531. The summed E-state index contributed by atoms with van der Waals surface area (Å²) in [5.41, 5.74) is 0.0905. The molecule has 2 N–H and O–H groups in total. The molecule has 0 aromatic heterocycles. The summed E-state index contributed by atoms with van der Waals surface area (Å²) >= 11 is 1.54. The summed E-state index contributed by atoms with van der Waals surface area (Å²) in [6.07, 6.45) is 2.09. The van der Waals surface area contributed by atoms with Gasteiger partial charge in [0.1, 0.15) is 5.82 Å². The van der Waals surface area contributed by atoms with E-state index in [0.717, 1.165) is 12.1 Å². The van der Waals surface area contributed by atoms with E-state index in [1.165, 1.54) is 6.07 Å². The summed E-state index contributed by atoms with van der Waals surface area (Å²) in [5, 5.41) is 8.82. The number of nitrogens with one attached hydrogen (secondary N) is 1. The summed E-state index contributed by atoms with van der Waals surface area (Å²) in [6, 6.07) is 3.37. The maximum Gasteiger partial charge on any atom is 0.241 e. The highest BCUT2D eigenvalue weighted by Crippen LogP contribution is 2.17. The average molecular weight is 331 g/mol. The molecule has 4 nitrogen and oxygen atoms in total. The van der Waals surface area contributed by atoms with Gasteiger partial charge in [-0.25, -0.2) is 17.5 Å². The zero-order chi connectivity index (χ0) is 15.9. The van der Waals surface area contributed by atoms with Gasteiger partial charge in [0, 0.05) is 23.8 Å². The fourth-order valence-corrected chi connectivity index (χ4v) is 3.06. The number of benzene rings is 1. The molecule has 0 saturated carbocycles. The second kappa shape index (κ2) is 8.39. The first-order chi connectivity index (χ1) is 9.90. The van der Waals surface area contributed by atoms with Crippen LogP contribution in [0.1, 0.15) is 18.9 Å². The van der Waals surface area contributed by atoms with E-state index in [1.807, 2.05) is 13.2 Å². The highest BCUT2D eigenvalue weighted by molar-refractivity contribution is 7.99. The van der Waals surface area contributed by atoms with Crippen LogP contribution in [0.15, 0.2) is 23.1 Å². The lowest BCUT2D eigenvalue weighted by Gasteiger charge is -2.12. The fraction of sp³-hybridized carbons (Fsp3) is 0.429. The molecule has 1 aromatic carbocycles. The Kier molecular flexibility index (Phi) is 7.18. The summed E-state index contributed by atoms with van der Waals surface area (Å²) in [7, 11) is -3.74. The Morgan fingerprint density at radius 3 is 2.81 bits per heavy atom. The second-order valence-corrected chi connectivity index (χ2v) is 7.33. The van der Waals surface area contributed by atoms with Crippen LogP contribution in [0.25, 0.3) is 0 Å². The van der Waals surface area contributed by atoms with Crippen molar-refractivity contribution in [2.24, 2.45) is 0 Å². The molecular weight excluding hydrogens is 313 g/mol. The number of hydrogen-bond acceptors (Lipinski definition) is 4. The van der Waals surface area contributed by atoms with Crippen LogP contribution in [0.3, 0.4) is 0 Å². The molecule has 0 aliphatic heterocycles. The van der Waals surface area contributed by atoms with Crippen LogP contribution in [-0.4, -0.2) is 38.2 Å². The van der Waals surface area contributed by atoms with E-state index in [-0.39, 0.29) is 35.3 Å². The summed E-state index contributed by atoms with van der Waals surface area (Å²) in [5.74, 6) is 4.64. The van der Waals surface area contributed by atoms with E-state index in [0.29, 0.717) is 0 Å². The number of hydrogen-bond donors (Lipinski definition) is 2. The number of sulfonamides is 1. The van der Waals surface area contributed by atoms with Crippen molar-refractivity contribution in [3.63, 3.8) is 0 Å². The number of aliphatic hydroxyl groups excluding tert-OH is 1. The van der Waals surface area contributed by atoms with Crippen molar-refractivity contribution in [1.29, 1.82) is 0 Å². The van der Waals surface area contributed by atoms with Crippen molar-refractivity contribution in [3.05, 3.63) is 29.6 Å². The zero-order valence-electron chi connectivity index (χ0n) is 11.9. The Morgan fingerprint density at radius 2 is 2.19 bits per heavy atom. The molecule has 0 fully saturated rings. The van der Waals surface area contributed by atoms with E-state index in [9.17, 15) is 12.8 Å². The van der Waals surface area contributed by atoms with E-state index >= 15 is 0 Å². The molecule has 1 unspecified atom stereocenters. The molecule has 116 valence electrons. The zero-order valence-corrected chi connectivity index (χ0v) is 13.5. The molecule has 0 spiro atoms. The van der Waals surface area contributed by atoms with Crippen LogP contribution in [0, 0.1) is 17.7 Å². The largest absolute Gasteiger partial charge is 0.395 e. The third kappa shape index (κ3) is 5.67. The van der Waals surface area contributed by atoms with E-state index in [2.05, 4.69) is 16.6 Å². The fourth-order valence-electron chi connectivity index (χ4n) is 1.44. The van der Waals surface area contributed by atoms with Crippen LogP contribution >= 0.6 is 11.8 Å². The van der Waals surface area contributed by atoms with Gasteiger partial charge in [-0.3, -0.25) is 0 Å². The Hall–Kier alpha value is -1.07. The van der Waals surface area contributed by atoms with Gasteiger partial charge in [-0.2, -0.15) is 11.8 Å². The number of thioether (sulfide) groups is 1.